The first-order chi connectivity index (χ1) is 12.8. The van der Waals surface area contributed by atoms with E-state index < -0.39 is 14.3 Å². The molecule has 2 N–H and O–H groups in total. The lowest BCUT2D eigenvalue weighted by molar-refractivity contribution is -0.141. The van der Waals surface area contributed by atoms with Crippen LogP contribution in [0.25, 0.3) is 0 Å². The fourth-order valence-corrected chi connectivity index (χ4v) is 8.37. The van der Waals surface area contributed by atoms with Crippen LogP contribution in [0.2, 0.25) is 5.04 Å². The molecule has 0 aromatic heterocycles. The monoisotopic (exact) mass is 382 g/mol. The minimum absolute atomic E-state index is 0.183. The summed E-state index contributed by atoms with van der Waals surface area (Å²) in [7, 11) is -2.96. The van der Waals surface area contributed by atoms with Crippen molar-refractivity contribution in [1.29, 1.82) is 0 Å². The van der Waals surface area contributed by atoms with Crippen LogP contribution in [-0.2, 0) is 4.79 Å². The van der Waals surface area contributed by atoms with Crippen LogP contribution in [0, 0.1) is 11.8 Å². The van der Waals surface area contributed by atoms with E-state index >= 15 is 0 Å². The average molecular weight is 383 g/mol. The van der Waals surface area contributed by atoms with E-state index in [4.69, 9.17) is 0 Å². The van der Waals surface area contributed by atoms with Crippen molar-refractivity contribution < 1.29 is 14.7 Å². The van der Waals surface area contributed by atoms with Crippen molar-refractivity contribution in [2.75, 3.05) is 0 Å². The molecule has 1 fully saturated rings. The summed E-state index contributed by atoms with van der Waals surface area (Å²) in [5, 5.41) is 11.1. The second-order valence-electron chi connectivity index (χ2n) is 8.58. The van der Waals surface area contributed by atoms with Gasteiger partial charge in [-0.1, -0.05) is 80.9 Å². The summed E-state index contributed by atoms with van der Waals surface area (Å²) in [6.45, 7) is 4.37. The Hall–Kier alpha value is -1.91. The van der Waals surface area contributed by atoms with E-state index in [2.05, 4.69) is 38.1 Å². The molecule has 0 heterocycles. The molecule has 2 aromatic carbocycles. The molecule has 4 heteroatoms. The number of benzene rings is 2. The summed E-state index contributed by atoms with van der Waals surface area (Å²) in [6.07, 6.45) is 4.44. The molecule has 2 aromatic rings. The van der Waals surface area contributed by atoms with Gasteiger partial charge in [-0.25, -0.2) is 0 Å². The third kappa shape index (κ3) is 4.02. The molecule has 3 rings (SSSR count). The van der Waals surface area contributed by atoms with Gasteiger partial charge in [-0.2, -0.15) is 0 Å². The molecule has 27 heavy (non-hydrogen) atoms. The Morgan fingerprint density at radius 1 is 1.00 bits per heavy atom. The highest BCUT2D eigenvalue weighted by Crippen LogP contribution is 2.43. The Morgan fingerprint density at radius 2 is 1.52 bits per heavy atom. The predicted molar refractivity (Wildman–Crippen MR) is 112 cm³/mol. The Labute approximate surface area is 163 Å². The molecule has 3 nitrogen and oxygen atoms in total. The Bertz CT molecular complexity index is 718. The zero-order valence-electron chi connectivity index (χ0n) is 16.3. The summed E-state index contributed by atoms with van der Waals surface area (Å²) in [4.78, 5) is 23.4. The lowest BCUT2D eigenvalue weighted by atomic mass is 9.95. The average Bonchev–Trinajstić information content (AvgIpc) is 3.16. The molecule has 2 unspecified atom stereocenters. The third-order valence-electron chi connectivity index (χ3n) is 6.43. The molecule has 2 atom stereocenters. The lowest BCUT2D eigenvalue weighted by Gasteiger charge is -2.41. The van der Waals surface area contributed by atoms with Gasteiger partial charge in [-0.15, -0.1) is 0 Å². The summed E-state index contributed by atoms with van der Waals surface area (Å²) in [6, 6.07) is 20.2. The van der Waals surface area contributed by atoms with Gasteiger partial charge in [0.2, 0.25) is 0 Å². The van der Waals surface area contributed by atoms with Crippen LogP contribution in [-0.4, -0.2) is 24.2 Å². The fraction of sp³-hybridized carbons (Fsp3) is 0.435. The third-order valence-corrected chi connectivity index (χ3v) is 11.0. The van der Waals surface area contributed by atoms with Crippen molar-refractivity contribution in [2.45, 2.75) is 51.0 Å². The van der Waals surface area contributed by atoms with Crippen LogP contribution in [0.3, 0.4) is 0 Å². The van der Waals surface area contributed by atoms with E-state index in [1.807, 2.05) is 36.4 Å². The number of carboxylic acid groups (broad SMARTS) is 1. The zero-order chi connectivity index (χ0) is 19.5. The molecule has 0 amide bonds. The van der Waals surface area contributed by atoms with E-state index in [0.717, 1.165) is 42.5 Å². The van der Waals surface area contributed by atoms with Gasteiger partial charge in [0.1, 0.15) is 0 Å². The number of hydrogen-bond donors (Lipinski definition) is 2. The van der Waals surface area contributed by atoms with Crippen LogP contribution in [0.5, 0.6) is 0 Å². The van der Waals surface area contributed by atoms with Crippen LogP contribution in [0.15, 0.2) is 60.7 Å². The summed E-state index contributed by atoms with van der Waals surface area (Å²) in [5.41, 5.74) is 0. The molecule has 144 valence electrons. The van der Waals surface area contributed by atoms with Gasteiger partial charge in [0.15, 0.2) is 0 Å². The van der Waals surface area contributed by atoms with Crippen molar-refractivity contribution >= 4 is 24.7 Å². The van der Waals surface area contributed by atoms with Crippen molar-refractivity contribution in [3.05, 3.63) is 60.7 Å². The minimum atomic E-state index is -2.96. The first-order valence-electron chi connectivity index (χ1n) is 9.91. The van der Waals surface area contributed by atoms with Gasteiger partial charge in [0.25, 0.3) is 8.32 Å². The van der Waals surface area contributed by atoms with Gasteiger partial charge in [0, 0.05) is 0 Å². The molecule has 1 aliphatic rings. The normalized spacial score (nSPS) is 20.6. The second kappa shape index (κ2) is 7.99. The molecule has 0 aliphatic heterocycles. The van der Waals surface area contributed by atoms with E-state index in [1.54, 1.807) is 0 Å². The van der Waals surface area contributed by atoms with Crippen LogP contribution in [0.1, 0.15) is 46.0 Å². The first kappa shape index (κ1) is 19.8. The number of carbonyl (C=O) groups is 1. The maximum Gasteiger partial charge on any atom is 0.306 e. The van der Waals surface area contributed by atoms with Crippen LogP contribution >= 0.6 is 0 Å². The Kier molecular flexibility index (Phi) is 5.87. The maximum atomic E-state index is 12.1. The number of aliphatic carboxylic acids is 1. The maximum absolute atomic E-state index is 12.1. The van der Waals surface area contributed by atoms with Crippen molar-refractivity contribution in [1.82, 2.24) is 0 Å². The topological polar surface area (TPSA) is 57.5 Å². The minimum Gasteiger partial charge on any atom is -0.481 e. The molecule has 0 radical (unpaired) electrons. The van der Waals surface area contributed by atoms with Gasteiger partial charge in [-0.05, 0) is 47.0 Å². The van der Waals surface area contributed by atoms with E-state index in [-0.39, 0.29) is 11.0 Å². The highest BCUT2D eigenvalue weighted by molar-refractivity contribution is 6.98. The number of hydrogen-bond acceptors (Lipinski definition) is 2. The Morgan fingerprint density at radius 3 is 1.96 bits per heavy atom. The summed E-state index contributed by atoms with van der Waals surface area (Å²) in [5.74, 6) is -0.385. The largest absolute Gasteiger partial charge is 0.481 e. The number of carboxylic acids is 1. The van der Waals surface area contributed by atoms with Gasteiger partial charge in [-0.3, -0.25) is 4.79 Å². The van der Waals surface area contributed by atoms with Crippen molar-refractivity contribution in [3.63, 3.8) is 0 Å². The zero-order valence-corrected chi connectivity index (χ0v) is 17.3. The Balaban J connectivity index is 1.84. The standard InChI is InChI=1S/C23H30O3Si/c1-23(2,16-15-18-13-14-19(17-18)22(24)25)27(26,20-9-5-3-6-10-20)21-11-7-4-8-12-21/h3-12,18-19,26H,13-17H2,1-2H3,(H,24,25). The summed E-state index contributed by atoms with van der Waals surface area (Å²) < 4.78 is 0. The molecular weight excluding hydrogens is 352 g/mol. The molecule has 1 saturated carbocycles. The van der Waals surface area contributed by atoms with Crippen LogP contribution in [0.4, 0.5) is 0 Å². The molecule has 0 bridgehead atoms. The predicted octanol–water partition coefficient (Wildman–Crippen LogP) is 3.80. The van der Waals surface area contributed by atoms with Gasteiger partial charge >= 0.3 is 5.97 Å². The van der Waals surface area contributed by atoms with E-state index in [1.165, 1.54) is 0 Å². The fourth-order valence-electron chi connectivity index (χ4n) is 4.61. The molecule has 0 spiro atoms. The highest BCUT2D eigenvalue weighted by atomic mass is 28.4. The van der Waals surface area contributed by atoms with Crippen LogP contribution < -0.4 is 10.4 Å². The summed E-state index contributed by atoms with van der Waals surface area (Å²) >= 11 is 0. The lowest BCUT2D eigenvalue weighted by Crippen LogP contribution is -2.65. The van der Waals surface area contributed by atoms with E-state index in [9.17, 15) is 14.7 Å². The second-order valence-corrected chi connectivity index (χ2v) is 12.5. The van der Waals surface area contributed by atoms with E-state index in [0.29, 0.717) is 5.92 Å². The highest BCUT2D eigenvalue weighted by Gasteiger charge is 2.49. The van der Waals surface area contributed by atoms with Crippen molar-refractivity contribution in [2.24, 2.45) is 11.8 Å². The first-order valence-corrected chi connectivity index (χ1v) is 11.9. The number of rotatable bonds is 7. The smallest absolute Gasteiger partial charge is 0.306 e. The molecule has 0 saturated heterocycles. The SMILES string of the molecule is CC(C)(CCC1CCC(C(=O)O)C1)[Si](O)(c1ccccc1)c1ccccc1. The quantitative estimate of drug-likeness (QED) is 0.716. The van der Waals surface area contributed by atoms with Gasteiger partial charge in [0.05, 0.1) is 5.92 Å². The van der Waals surface area contributed by atoms with Crippen molar-refractivity contribution in [3.8, 4) is 0 Å². The van der Waals surface area contributed by atoms with Gasteiger partial charge < -0.3 is 9.90 Å². The molecule has 1 aliphatic carbocycles. The molecular formula is C23H30O3Si.